The van der Waals surface area contributed by atoms with Gasteiger partial charge in [-0.2, -0.15) is 18.4 Å². The Morgan fingerprint density at radius 1 is 1.32 bits per heavy atom. The topological polar surface area (TPSA) is 73.2 Å². The summed E-state index contributed by atoms with van der Waals surface area (Å²) in [4.78, 5) is 24.9. The van der Waals surface area contributed by atoms with Crippen molar-refractivity contribution in [3.8, 4) is 6.07 Å². The fourth-order valence-corrected chi connectivity index (χ4v) is 2.24. The second-order valence-corrected chi connectivity index (χ2v) is 5.40. The molecule has 1 fully saturated rings. The molecule has 1 aromatic rings. The molecule has 1 aliphatic heterocycles. The highest BCUT2D eigenvalue weighted by Crippen LogP contribution is 2.35. The lowest BCUT2D eigenvalue weighted by molar-refractivity contribution is -0.137. The number of piperazine rings is 1. The standard InChI is InChI=1S/C14H12F3N3O2/c1-13(2)12(22)20(7-11(21)19-13)9-4-3-8(6-18)10(5-9)14(15,16)17/h3-5H,7H2,1-2H3,(H,19,21). The third-order valence-corrected chi connectivity index (χ3v) is 3.27. The van der Waals surface area contributed by atoms with Gasteiger partial charge in [0.15, 0.2) is 0 Å². The Kier molecular flexibility index (Phi) is 3.61. The minimum Gasteiger partial charge on any atom is -0.341 e. The molecule has 0 aliphatic carbocycles. The van der Waals surface area contributed by atoms with Crippen molar-refractivity contribution in [2.45, 2.75) is 25.6 Å². The number of hydrogen-bond donors (Lipinski definition) is 1. The minimum atomic E-state index is -4.72. The van der Waals surface area contributed by atoms with E-state index in [9.17, 15) is 22.8 Å². The van der Waals surface area contributed by atoms with Crippen molar-refractivity contribution in [3.63, 3.8) is 0 Å². The van der Waals surface area contributed by atoms with Crippen LogP contribution in [-0.2, 0) is 15.8 Å². The molecule has 0 saturated carbocycles. The number of carbonyl (C=O) groups excluding carboxylic acids is 2. The van der Waals surface area contributed by atoms with Crippen molar-refractivity contribution in [3.05, 3.63) is 29.3 Å². The summed E-state index contributed by atoms with van der Waals surface area (Å²) >= 11 is 0. The monoisotopic (exact) mass is 311 g/mol. The molecule has 1 aromatic carbocycles. The first-order valence-corrected chi connectivity index (χ1v) is 6.30. The van der Waals surface area contributed by atoms with Gasteiger partial charge in [-0.3, -0.25) is 9.59 Å². The molecule has 0 radical (unpaired) electrons. The molecule has 22 heavy (non-hydrogen) atoms. The number of nitrogens with one attached hydrogen (secondary N) is 1. The average molecular weight is 311 g/mol. The lowest BCUT2D eigenvalue weighted by Crippen LogP contribution is -2.64. The molecule has 0 unspecified atom stereocenters. The van der Waals surface area contributed by atoms with Gasteiger partial charge in [0.25, 0.3) is 5.91 Å². The summed E-state index contributed by atoms with van der Waals surface area (Å²) in [5, 5.41) is 11.2. The zero-order valence-electron chi connectivity index (χ0n) is 11.8. The van der Waals surface area contributed by atoms with Crippen LogP contribution in [0.4, 0.5) is 18.9 Å². The smallest absolute Gasteiger partial charge is 0.341 e. The molecular formula is C14H12F3N3O2. The molecule has 1 aliphatic rings. The number of hydrogen-bond acceptors (Lipinski definition) is 3. The van der Waals surface area contributed by atoms with Gasteiger partial charge < -0.3 is 10.2 Å². The fraction of sp³-hybridized carbons (Fsp3) is 0.357. The van der Waals surface area contributed by atoms with Crippen LogP contribution in [0.5, 0.6) is 0 Å². The molecule has 116 valence electrons. The molecule has 1 saturated heterocycles. The van der Waals surface area contributed by atoms with E-state index in [-0.39, 0.29) is 12.2 Å². The quantitative estimate of drug-likeness (QED) is 0.860. The van der Waals surface area contributed by atoms with E-state index in [4.69, 9.17) is 5.26 Å². The van der Waals surface area contributed by atoms with Crippen LogP contribution >= 0.6 is 0 Å². The number of amides is 2. The summed E-state index contributed by atoms with van der Waals surface area (Å²) in [6, 6.07) is 4.39. The largest absolute Gasteiger partial charge is 0.417 e. The number of rotatable bonds is 1. The summed E-state index contributed by atoms with van der Waals surface area (Å²) < 4.78 is 38.9. The number of alkyl halides is 3. The molecule has 0 spiro atoms. The number of nitriles is 1. The Labute approximate surface area is 124 Å². The van der Waals surface area contributed by atoms with Crippen molar-refractivity contribution >= 4 is 17.5 Å². The first-order chi connectivity index (χ1) is 10.1. The van der Waals surface area contributed by atoms with Crippen molar-refractivity contribution in [1.82, 2.24) is 5.32 Å². The van der Waals surface area contributed by atoms with Crippen LogP contribution in [0, 0.1) is 11.3 Å². The van der Waals surface area contributed by atoms with E-state index >= 15 is 0 Å². The molecule has 5 nitrogen and oxygen atoms in total. The minimum absolute atomic E-state index is 0.0701. The van der Waals surface area contributed by atoms with Crippen LogP contribution in [0.1, 0.15) is 25.0 Å². The predicted octanol–water partition coefficient (Wildman–Crippen LogP) is 1.82. The molecular weight excluding hydrogens is 299 g/mol. The fourth-order valence-electron chi connectivity index (χ4n) is 2.24. The zero-order valence-corrected chi connectivity index (χ0v) is 11.8. The highest BCUT2D eigenvalue weighted by molar-refractivity contribution is 6.08. The Hall–Kier alpha value is -2.56. The number of halogens is 3. The molecule has 1 N–H and O–H groups in total. The van der Waals surface area contributed by atoms with E-state index in [1.165, 1.54) is 26.0 Å². The number of anilines is 1. The highest BCUT2D eigenvalue weighted by Gasteiger charge is 2.41. The summed E-state index contributed by atoms with van der Waals surface area (Å²) in [6.07, 6.45) is -4.72. The van der Waals surface area contributed by atoms with Gasteiger partial charge in [-0.1, -0.05) is 0 Å². The van der Waals surface area contributed by atoms with E-state index in [1.54, 1.807) is 0 Å². The van der Waals surface area contributed by atoms with E-state index in [1.807, 2.05) is 0 Å². The van der Waals surface area contributed by atoms with Crippen molar-refractivity contribution in [1.29, 1.82) is 5.26 Å². The summed E-state index contributed by atoms with van der Waals surface area (Å²) in [5.41, 5.74) is -2.95. The SMILES string of the molecule is CC1(C)NC(=O)CN(c2ccc(C#N)c(C(F)(F)F)c2)C1=O. The van der Waals surface area contributed by atoms with Gasteiger partial charge >= 0.3 is 6.18 Å². The summed E-state index contributed by atoms with van der Waals surface area (Å²) in [5.74, 6) is -0.993. The van der Waals surface area contributed by atoms with Crippen LogP contribution in [-0.4, -0.2) is 23.9 Å². The first kappa shape index (κ1) is 15.8. The third-order valence-electron chi connectivity index (χ3n) is 3.27. The molecule has 0 bridgehead atoms. The Morgan fingerprint density at radius 3 is 2.50 bits per heavy atom. The van der Waals surface area contributed by atoms with Crippen molar-refractivity contribution in [2.75, 3.05) is 11.4 Å². The van der Waals surface area contributed by atoms with Crippen LogP contribution in [0.25, 0.3) is 0 Å². The highest BCUT2D eigenvalue weighted by atomic mass is 19.4. The zero-order chi connectivity index (χ0) is 16.7. The molecule has 0 atom stereocenters. The van der Waals surface area contributed by atoms with Crippen LogP contribution < -0.4 is 10.2 Å². The maximum absolute atomic E-state index is 13.0. The number of nitrogens with zero attached hydrogens (tertiary/aromatic N) is 2. The van der Waals surface area contributed by atoms with Crippen LogP contribution in [0.3, 0.4) is 0 Å². The van der Waals surface area contributed by atoms with Gasteiger partial charge in [0.05, 0.1) is 17.2 Å². The summed E-state index contributed by atoms with van der Waals surface area (Å²) in [6.45, 7) is 2.56. The van der Waals surface area contributed by atoms with E-state index < -0.39 is 34.7 Å². The predicted molar refractivity (Wildman–Crippen MR) is 70.7 cm³/mol. The normalized spacial score (nSPS) is 17.9. The Balaban J connectivity index is 2.52. The first-order valence-electron chi connectivity index (χ1n) is 6.30. The van der Waals surface area contributed by atoms with E-state index in [2.05, 4.69) is 5.32 Å². The maximum Gasteiger partial charge on any atom is 0.417 e. The Bertz CT molecular complexity index is 690. The molecule has 8 heteroatoms. The molecule has 2 amide bonds. The average Bonchev–Trinajstić information content (AvgIpc) is 2.40. The van der Waals surface area contributed by atoms with Gasteiger partial charge in [0, 0.05) is 5.69 Å². The van der Waals surface area contributed by atoms with Gasteiger partial charge in [0.2, 0.25) is 5.91 Å². The molecule has 2 rings (SSSR count). The second-order valence-electron chi connectivity index (χ2n) is 5.40. The van der Waals surface area contributed by atoms with Crippen LogP contribution in [0.15, 0.2) is 18.2 Å². The Morgan fingerprint density at radius 2 is 1.95 bits per heavy atom. The molecule has 1 heterocycles. The van der Waals surface area contributed by atoms with Gasteiger partial charge in [-0.05, 0) is 32.0 Å². The van der Waals surface area contributed by atoms with E-state index in [0.29, 0.717) is 6.07 Å². The second kappa shape index (κ2) is 5.02. The maximum atomic E-state index is 13.0. The summed E-state index contributed by atoms with van der Waals surface area (Å²) in [7, 11) is 0. The van der Waals surface area contributed by atoms with Crippen LogP contribution in [0.2, 0.25) is 0 Å². The third kappa shape index (κ3) is 2.74. The number of benzene rings is 1. The van der Waals surface area contributed by atoms with Crippen molar-refractivity contribution in [2.24, 2.45) is 0 Å². The van der Waals surface area contributed by atoms with E-state index in [0.717, 1.165) is 11.0 Å². The van der Waals surface area contributed by atoms with Crippen molar-refractivity contribution < 1.29 is 22.8 Å². The van der Waals surface area contributed by atoms with Gasteiger partial charge in [-0.15, -0.1) is 0 Å². The number of carbonyl (C=O) groups is 2. The lowest BCUT2D eigenvalue weighted by atomic mass is 9.99. The lowest BCUT2D eigenvalue weighted by Gasteiger charge is -2.37. The van der Waals surface area contributed by atoms with Gasteiger partial charge in [-0.25, -0.2) is 0 Å². The van der Waals surface area contributed by atoms with Gasteiger partial charge in [0.1, 0.15) is 12.1 Å². The molecule has 0 aromatic heterocycles.